The Balaban J connectivity index is 1.67. The summed E-state index contributed by atoms with van der Waals surface area (Å²) in [4.78, 5) is 12.2. The molecule has 2 unspecified atom stereocenters. The smallest absolute Gasteiger partial charge is 0.139 e. The van der Waals surface area contributed by atoms with Crippen molar-refractivity contribution in [2.45, 2.75) is 113 Å². The minimum Gasteiger partial charge on any atom is -0.299 e. The molecule has 30 heavy (non-hydrogen) atoms. The van der Waals surface area contributed by atoms with Crippen molar-refractivity contribution < 1.29 is 4.79 Å². The second-order valence-corrected chi connectivity index (χ2v) is 12.7. The molecule has 3 rings (SSSR count). The van der Waals surface area contributed by atoms with Gasteiger partial charge in [0.05, 0.1) is 0 Å². The number of ketones is 1. The summed E-state index contributed by atoms with van der Waals surface area (Å²) in [5.41, 5.74) is 4.19. The van der Waals surface area contributed by atoms with E-state index < -0.39 is 0 Å². The van der Waals surface area contributed by atoms with E-state index in [4.69, 9.17) is 0 Å². The van der Waals surface area contributed by atoms with Crippen LogP contribution in [0.15, 0.2) is 23.3 Å². The van der Waals surface area contributed by atoms with E-state index in [2.05, 4.69) is 60.6 Å². The van der Waals surface area contributed by atoms with Gasteiger partial charge in [-0.25, -0.2) is 0 Å². The molecule has 0 saturated heterocycles. The molecule has 1 nitrogen and oxygen atoms in total. The highest BCUT2D eigenvalue weighted by Crippen LogP contribution is 2.60. The summed E-state index contributed by atoms with van der Waals surface area (Å²) in [5, 5.41) is 0. The van der Waals surface area contributed by atoms with Gasteiger partial charge in [-0.1, -0.05) is 84.6 Å². The fraction of sp³-hybridized carbons (Fsp3) is 0.828. The summed E-state index contributed by atoms with van der Waals surface area (Å²) < 4.78 is 0. The van der Waals surface area contributed by atoms with Gasteiger partial charge in [-0.2, -0.15) is 0 Å². The van der Waals surface area contributed by atoms with Crippen molar-refractivity contribution in [1.82, 2.24) is 0 Å². The maximum Gasteiger partial charge on any atom is 0.139 e. The third kappa shape index (κ3) is 5.31. The third-order valence-electron chi connectivity index (χ3n) is 8.95. The molecule has 0 aromatic rings. The van der Waals surface area contributed by atoms with E-state index in [-0.39, 0.29) is 11.8 Å². The summed E-state index contributed by atoms with van der Waals surface area (Å²) >= 11 is 0. The molecule has 0 N–H and O–H groups in total. The molecule has 3 saturated carbocycles. The van der Waals surface area contributed by atoms with Gasteiger partial charge in [0.15, 0.2) is 0 Å². The van der Waals surface area contributed by atoms with Crippen LogP contribution in [0.1, 0.15) is 113 Å². The van der Waals surface area contributed by atoms with Crippen LogP contribution in [0.2, 0.25) is 0 Å². The van der Waals surface area contributed by atoms with Gasteiger partial charge in [0.25, 0.3) is 0 Å². The van der Waals surface area contributed by atoms with E-state index in [1.165, 1.54) is 56.9 Å². The van der Waals surface area contributed by atoms with Gasteiger partial charge < -0.3 is 0 Å². The van der Waals surface area contributed by atoms with Gasteiger partial charge in [0, 0.05) is 11.8 Å². The summed E-state index contributed by atoms with van der Waals surface area (Å²) in [6, 6.07) is 0. The molecular formula is C29H48O. The van der Waals surface area contributed by atoms with Gasteiger partial charge in [0.1, 0.15) is 5.78 Å². The number of rotatable bonds is 5. The summed E-state index contributed by atoms with van der Waals surface area (Å²) in [6.07, 6.45) is 17.9. The molecule has 0 radical (unpaired) electrons. The second kappa shape index (κ2) is 9.33. The number of hydrogen-bond donors (Lipinski definition) is 0. The van der Waals surface area contributed by atoms with Crippen molar-refractivity contribution in [3.8, 4) is 0 Å². The SMILES string of the molecule is C[C@@H]1CC(=C/C=C2\CCC[C@@]3(C)C2CCC3[C@@H](C)CCCC(C)(C)C)C[C@@H](C)C1=O. The van der Waals surface area contributed by atoms with Crippen LogP contribution in [-0.2, 0) is 4.79 Å². The Morgan fingerprint density at radius 2 is 1.77 bits per heavy atom. The van der Waals surface area contributed by atoms with E-state index in [1.807, 2.05) is 0 Å². The van der Waals surface area contributed by atoms with Crippen LogP contribution in [-0.4, -0.2) is 5.78 Å². The minimum absolute atomic E-state index is 0.208. The summed E-state index contributed by atoms with van der Waals surface area (Å²) in [7, 11) is 0. The van der Waals surface area contributed by atoms with Crippen LogP contribution in [0.25, 0.3) is 0 Å². The first-order chi connectivity index (χ1) is 14.0. The fourth-order valence-corrected chi connectivity index (χ4v) is 7.29. The number of allylic oxidation sites excluding steroid dienone is 4. The largest absolute Gasteiger partial charge is 0.299 e. The van der Waals surface area contributed by atoms with Crippen molar-refractivity contribution >= 4 is 5.78 Å². The molecule has 0 aliphatic heterocycles. The third-order valence-corrected chi connectivity index (χ3v) is 8.95. The Kier molecular flexibility index (Phi) is 7.41. The first kappa shape index (κ1) is 23.8. The molecule has 170 valence electrons. The normalized spacial score (nSPS) is 37.4. The second-order valence-electron chi connectivity index (χ2n) is 12.7. The Labute approximate surface area is 187 Å². The Morgan fingerprint density at radius 3 is 2.40 bits per heavy atom. The monoisotopic (exact) mass is 412 g/mol. The zero-order chi connectivity index (χ0) is 22.1. The quantitative estimate of drug-likeness (QED) is 0.442. The molecule has 0 heterocycles. The number of hydrogen-bond acceptors (Lipinski definition) is 1. The number of carbonyl (C=O) groups is 1. The highest BCUT2D eigenvalue weighted by molar-refractivity contribution is 5.84. The number of fused-ring (bicyclic) bond motifs is 1. The van der Waals surface area contributed by atoms with Gasteiger partial charge in [0.2, 0.25) is 0 Å². The van der Waals surface area contributed by atoms with E-state index >= 15 is 0 Å². The molecule has 0 amide bonds. The minimum atomic E-state index is 0.208. The Morgan fingerprint density at radius 1 is 1.10 bits per heavy atom. The van der Waals surface area contributed by atoms with Gasteiger partial charge in [-0.15, -0.1) is 0 Å². The molecule has 1 heteroatoms. The maximum atomic E-state index is 12.2. The van der Waals surface area contributed by atoms with E-state index in [0.717, 1.165) is 30.6 Å². The predicted molar refractivity (Wildman–Crippen MR) is 129 cm³/mol. The van der Waals surface area contributed by atoms with Crippen LogP contribution in [0.3, 0.4) is 0 Å². The molecule has 0 aromatic heterocycles. The van der Waals surface area contributed by atoms with E-state index in [0.29, 0.717) is 16.6 Å². The van der Waals surface area contributed by atoms with Crippen LogP contribution in [0.4, 0.5) is 0 Å². The predicted octanol–water partition coefficient (Wildman–Crippen LogP) is 8.54. The first-order valence-electron chi connectivity index (χ1n) is 12.9. The Hall–Kier alpha value is -0.850. The molecule has 3 aliphatic carbocycles. The Bertz CT molecular complexity index is 659. The van der Waals surface area contributed by atoms with Crippen LogP contribution >= 0.6 is 0 Å². The van der Waals surface area contributed by atoms with Crippen LogP contribution < -0.4 is 0 Å². The van der Waals surface area contributed by atoms with Crippen molar-refractivity contribution in [1.29, 1.82) is 0 Å². The first-order valence-corrected chi connectivity index (χ1v) is 12.9. The number of carbonyl (C=O) groups excluding carboxylic acids is 1. The lowest BCUT2D eigenvalue weighted by molar-refractivity contribution is -0.126. The topological polar surface area (TPSA) is 17.1 Å². The zero-order valence-corrected chi connectivity index (χ0v) is 21.0. The highest BCUT2D eigenvalue weighted by Gasteiger charge is 2.50. The molecule has 3 aliphatic rings. The molecule has 0 bridgehead atoms. The molecule has 0 aromatic carbocycles. The van der Waals surface area contributed by atoms with Gasteiger partial charge in [-0.05, 0) is 80.0 Å². The van der Waals surface area contributed by atoms with Gasteiger partial charge >= 0.3 is 0 Å². The van der Waals surface area contributed by atoms with Crippen molar-refractivity contribution in [2.24, 2.45) is 40.4 Å². The zero-order valence-electron chi connectivity index (χ0n) is 21.0. The maximum absolute atomic E-state index is 12.2. The standard InChI is InChI=1S/C29H48O/c1-20(10-8-16-28(4,5)6)25-14-15-26-24(11-9-17-29(25,26)7)13-12-23-18-21(2)27(30)22(3)19-23/h12-13,20-22,25-26H,8-11,14-19H2,1-7H3/b24-13+/t20-,21+,22+,25?,26?,29+/m0/s1. The average Bonchev–Trinajstić information content (AvgIpc) is 3.00. The van der Waals surface area contributed by atoms with Crippen molar-refractivity contribution in [3.63, 3.8) is 0 Å². The molecule has 3 fully saturated rings. The van der Waals surface area contributed by atoms with Crippen LogP contribution in [0, 0.1) is 40.4 Å². The lowest BCUT2D eigenvalue weighted by Crippen LogP contribution is -2.36. The molecule has 0 spiro atoms. The summed E-state index contributed by atoms with van der Waals surface area (Å²) in [5.74, 6) is 3.42. The van der Waals surface area contributed by atoms with Crippen molar-refractivity contribution in [2.75, 3.05) is 0 Å². The average molecular weight is 413 g/mol. The lowest BCUT2D eigenvalue weighted by Gasteiger charge is -2.44. The molecular weight excluding hydrogens is 364 g/mol. The fourth-order valence-electron chi connectivity index (χ4n) is 7.29. The lowest BCUT2D eigenvalue weighted by atomic mass is 9.60. The summed E-state index contributed by atoms with van der Waals surface area (Å²) in [6.45, 7) is 16.5. The van der Waals surface area contributed by atoms with Crippen LogP contribution in [0.5, 0.6) is 0 Å². The van der Waals surface area contributed by atoms with Gasteiger partial charge in [-0.3, -0.25) is 4.79 Å². The van der Waals surface area contributed by atoms with E-state index in [1.54, 1.807) is 5.57 Å². The molecule has 6 atom stereocenters. The van der Waals surface area contributed by atoms with Crippen molar-refractivity contribution in [3.05, 3.63) is 23.3 Å². The van der Waals surface area contributed by atoms with E-state index in [9.17, 15) is 4.79 Å². The highest BCUT2D eigenvalue weighted by atomic mass is 16.1. The number of Topliss-reactive ketones (excluding diaryl/α,β-unsaturated/α-hetero) is 1.